The molecular formula is C41H46N4O5. The number of unbranched alkanes of at least 4 members (excludes halogenated alkanes) is 2. The van der Waals surface area contributed by atoms with E-state index in [0.29, 0.717) is 26.1 Å². The summed E-state index contributed by atoms with van der Waals surface area (Å²) in [6.07, 6.45) is 3.90. The van der Waals surface area contributed by atoms with Crippen LogP contribution in [0.15, 0.2) is 103 Å². The third-order valence-corrected chi connectivity index (χ3v) is 9.39. The summed E-state index contributed by atoms with van der Waals surface area (Å²) in [6, 6.07) is 32.6. The molecule has 5 aromatic rings. The van der Waals surface area contributed by atoms with Gasteiger partial charge in [-0.3, -0.25) is 9.59 Å². The molecule has 4 aromatic carbocycles. The molecule has 260 valence electrons. The minimum atomic E-state index is -0.603. The molecule has 1 aromatic heterocycles. The number of hydrogen-bond donors (Lipinski definition) is 3. The number of hydrogen-bond acceptors (Lipinski definition) is 6. The number of carbonyl (C=O) groups is 2. The second-order valence-corrected chi connectivity index (χ2v) is 13.1. The largest absolute Gasteiger partial charge is 0.392 e. The fourth-order valence-electron chi connectivity index (χ4n) is 6.54. The number of aromatic nitrogens is 2. The van der Waals surface area contributed by atoms with E-state index in [9.17, 15) is 14.7 Å². The van der Waals surface area contributed by atoms with Crippen molar-refractivity contribution in [2.45, 2.75) is 77.7 Å². The van der Waals surface area contributed by atoms with Gasteiger partial charge in [-0.15, -0.1) is 0 Å². The van der Waals surface area contributed by atoms with E-state index in [0.717, 1.165) is 63.7 Å². The SMILES string of the molecule is CC(=O)NCCCCCC(=O)NCc1cccc(-c2cccc([C@H]3O[C@@H](Cn4cnc5ccccc54)[C@@H](C)[C@@H](c4ccc(CO)cc4)O3)c2)c1. The average Bonchev–Trinajstić information content (AvgIpc) is 3.55. The highest BCUT2D eigenvalue weighted by molar-refractivity contribution is 5.76. The Morgan fingerprint density at radius 2 is 1.60 bits per heavy atom. The van der Waals surface area contributed by atoms with E-state index in [1.54, 1.807) is 0 Å². The van der Waals surface area contributed by atoms with Crippen LogP contribution in [0.4, 0.5) is 0 Å². The van der Waals surface area contributed by atoms with E-state index in [4.69, 9.17) is 9.47 Å². The van der Waals surface area contributed by atoms with Crippen molar-refractivity contribution in [2.75, 3.05) is 6.54 Å². The number of aliphatic hydroxyl groups is 1. The molecule has 0 radical (unpaired) electrons. The summed E-state index contributed by atoms with van der Waals surface area (Å²) in [5, 5.41) is 15.5. The van der Waals surface area contributed by atoms with Gasteiger partial charge in [0, 0.05) is 37.9 Å². The number of carbonyl (C=O) groups excluding carboxylic acids is 2. The number of rotatable bonds is 14. The lowest BCUT2D eigenvalue weighted by atomic mass is 9.90. The summed E-state index contributed by atoms with van der Waals surface area (Å²) < 4.78 is 15.7. The fourth-order valence-corrected chi connectivity index (χ4v) is 6.54. The molecule has 3 N–H and O–H groups in total. The van der Waals surface area contributed by atoms with Gasteiger partial charge in [-0.25, -0.2) is 4.98 Å². The van der Waals surface area contributed by atoms with Crippen LogP contribution in [0.1, 0.15) is 74.2 Å². The van der Waals surface area contributed by atoms with Gasteiger partial charge >= 0.3 is 0 Å². The van der Waals surface area contributed by atoms with Gasteiger partial charge in [0.2, 0.25) is 11.8 Å². The number of amides is 2. The predicted octanol–water partition coefficient (Wildman–Crippen LogP) is 7.00. The molecule has 50 heavy (non-hydrogen) atoms. The highest BCUT2D eigenvalue weighted by Gasteiger charge is 2.38. The summed E-state index contributed by atoms with van der Waals surface area (Å²) in [4.78, 5) is 28.1. The second kappa shape index (κ2) is 16.7. The Morgan fingerprint density at radius 3 is 2.40 bits per heavy atom. The highest BCUT2D eigenvalue weighted by Crippen LogP contribution is 2.43. The first-order valence-corrected chi connectivity index (χ1v) is 17.5. The van der Waals surface area contributed by atoms with Crippen LogP contribution >= 0.6 is 0 Å². The van der Waals surface area contributed by atoms with Crippen molar-refractivity contribution in [3.8, 4) is 11.1 Å². The lowest BCUT2D eigenvalue weighted by Gasteiger charge is -2.41. The molecule has 0 unspecified atom stereocenters. The van der Waals surface area contributed by atoms with Gasteiger partial charge in [0.15, 0.2) is 6.29 Å². The van der Waals surface area contributed by atoms with Gasteiger partial charge < -0.3 is 29.8 Å². The number of benzene rings is 4. The maximum absolute atomic E-state index is 12.5. The van der Waals surface area contributed by atoms with Crippen LogP contribution in [-0.2, 0) is 38.8 Å². The van der Waals surface area contributed by atoms with Crippen LogP contribution in [0.3, 0.4) is 0 Å². The number of imidazole rings is 1. The smallest absolute Gasteiger partial charge is 0.220 e. The zero-order chi connectivity index (χ0) is 34.9. The second-order valence-electron chi connectivity index (χ2n) is 13.1. The van der Waals surface area contributed by atoms with Crippen LogP contribution in [-0.4, -0.2) is 39.1 Å². The molecule has 2 heterocycles. The third-order valence-electron chi connectivity index (χ3n) is 9.39. The maximum Gasteiger partial charge on any atom is 0.220 e. The van der Waals surface area contributed by atoms with E-state index in [-0.39, 0.29) is 36.5 Å². The molecule has 1 saturated heterocycles. The predicted molar refractivity (Wildman–Crippen MR) is 194 cm³/mol. The number of nitrogens with one attached hydrogen (secondary N) is 2. The lowest BCUT2D eigenvalue weighted by Crippen LogP contribution is -2.39. The van der Waals surface area contributed by atoms with Crippen molar-refractivity contribution in [3.05, 3.63) is 126 Å². The molecule has 2 amide bonds. The quantitative estimate of drug-likeness (QED) is 0.109. The van der Waals surface area contributed by atoms with Gasteiger partial charge in [0.25, 0.3) is 0 Å². The first kappa shape index (κ1) is 35.0. The van der Waals surface area contributed by atoms with Gasteiger partial charge in [-0.2, -0.15) is 0 Å². The molecule has 9 nitrogen and oxygen atoms in total. The Balaban J connectivity index is 1.16. The molecule has 0 aliphatic carbocycles. The molecule has 0 spiro atoms. The molecule has 0 saturated carbocycles. The summed E-state index contributed by atoms with van der Waals surface area (Å²) in [6.45, 7) is 5.39. The van der Waals surface area contributed by atoms with Crippen molar-refractivity contribution in [2.24, 2.45) is 5.92 Å². The van der Waals surface area contributed by atoms with Crippen LogP contribution in [0.25, 0.3) is 22.2 Å². The molecule has 1 aliphatic rings. The van der Waals surface area contributed by atoms with Gasteiger partial charge in [0.1, 0.15) is 0 Å². The minimum Gasteiger partial charge on any atom is -0.392 e. The Hall–Kier alpha value is -4.83. The Kier molecular flexibility index (Phi) is 11.7. The Labute approximate surface area is 293 Å². The van der Waals surface area contributed by atoms with E-state index < -0.39 is 6.29 Å². The van der Waals surface area contributed by atoms with Crippen molar-refractivity contribution in [3.63, 3.8) is 0 Å². The summed E-state index contributed by atoms with van der Waals surface area (Å²) in [5.74, 6) is 0.0316. The highest BCUT2D eigenvalue weighted by atomic mass is 16.7. The van der Waals surface area contributed by atoms with Gasteiger partial charge in [-0.05, 0) is 64.9 Å². The maximum atomic E-state index is 12.5. The van der Waals surface area contributed by atoms with Crippen LogP contribution < -0.4 is 10.6 Å². The number of para-hydroxylation sites is 2. The molecular weight excluding hydrogens is 628 g/mol. The zero-order valence-corrected chi connectivity index (χ0v) is 28.8. The van der Waals surface area contributed by atoms with E-state index in [1.165, 1.54) is 6.92 Å². The first-order chi connectivity index (χ1) is 24.4. The summed E-state index contributed by atoms with van der Waals surface area (Å²) in [7, 11) is 0. The van der Waals surface area contributed by atoms with E-state index >= 15 is 0 Å². The van der Waals surface area contributed by atoms with Crippen LogP contribution in [0, 0.1) is 5.92 Å². The minimum absolute atomic E-state index is 0.00803. The Bertz CT molecular complexity index is 1890. The lowest BCUT2D eigenvalue weighted by molar-refractivity contribution is -0.276. The number of ether oxygens (including phenoxy) is 2. The molecule has 9 heteroatoms. The van der Waals surface area contributed by atoms with E-state index in [1.807, 2.05) is 73.1 Å². The summed E-state index contributed by atoms with van der Waals surface area (Å²) >= 11 is 0. The normalized spacial score (nSPS) is 18.9. The molecule has 1 fully saturated rings. The van der Waals surface area contributed by atoms with Crippen LogP contribution in [0.2, 0.25) is 0 Å². The average molecular weight is 675 g/mol. The number of fused-ring (bicyclic) bond motifs is 1. The van der Waals surface area contributed by atoms with Crippen molar-refractivity contribution in [1.82, 2.24) is 20.2 Å². The molecule has 4 atom stereocenters. The third kappa shape index (κ3) is 8.84. The standard InChI is InChI=1S/C41H46N4O5/c1-28-38(25-45-27-44-36-14-5-6-15-37(36)45)49-41(50-40(28)32-19-17-30(26-46)18-20-32)35-13-9-12-34(23-35)33-11-8-10-31(22-33)24-43-39(48)16-4-3-7-21-42-29(2)47/h5-6,8-15,17-20,22-23,27-28,38,40-41,46H,3-4,7,16,21,24-26H2,1-2H3,(H,42,47)(H,43,48)/t28-,38+,40+,41+/m1/s1. The molecule has 0 bridgehead atoms. The van der Waals surface area contributed by atoms with Gasteiger partial charge in [-0.1, -0.05) is 86.1 Å². The monoisotopic (exact) mass is 674 g/mol. The Morgan fingerprint density at radius 1 is 0.820 bits per heavy atom. The number of aliphatic hydroxyl groups excluding tert-OH is 1. The molecule has 6 rings (SSSR count). The zero-order valence-electron chi connectivity index (χ0n) is 28.8. The first-order valence-electron chi connectivity index (χ1n) is 17.5. The summed E-state index contributed by atoms with van der Waals surface area (Å²) in [5.41, 5.74) is 7.92. The van der Waals surface area contributed by atoms with E-state index in [2.05, 4.69) is 57.4 Å². The van der Waals surface area contributed by atoms with Crippen molar-refractivity contribution >= 4 is 22.8 Å². The number of nitrogens with zero attached hydrogens (tertiary/aromatic N) is 2. The fraction of sp³-hybridized carbons (Fsp3) is 0.341. The molecule has 1 aliphatic heterocycles. The topological polar surface area (TPSA) is 115 Å². The van der Waals surface area contributed by atoms with Gasteiger partial charge in [0.05, 0.1) is 42.7 Å². The van der Waals surface area contributed by atoms with Crippen molar-refractivity contribution in [1.29, 1.82) is 0 Å². The van der Waals surface area contributed by atoms with Crippen molar-refractivity contribution < 1.29 is 24.2 Å². The van der Waals surface area contributed by atoms with Crippen LogP contribution in [0.5, 0.6) is 0 Å².